The van der Waals surface area contributed by atoms with Gasteiger partial charge in [-0.1, -0.05) is 29.3 Å². The first-order chi connectivity index (χ1) is 15.4. The van der Waals surface area contributed by atoms with Gasteiger partial charge in [-0.05, 0) is 44.0 Å². The number of hydrogen-bond donors (Lipinski definition) is 2. The van der Waals surface area contributed by atoms with Crippen molar-refractivity contribution in [3.05, 3.63) is 64.0 Å². The van der Waals surface area contributed by atoms with Crippen molar-refractivity contribution in [1.29, 1.82) is 0 Å². The molecule has 2 N–H and O–H groups in total. The molecular weight excluding hydrogens is 451 g/mol. The number of aliphatic hydroxyl groups excluding tert-OH is 1. The van der Waals surface area contributed by atoms with Crippen molar-refractivity contribution in [2.45, 2.75) is 32.0 Å². The summed E-state index contributed by atoms with van der Waals surface area (Å²) in [5.41, 5.74) is 2.06. The maximum absolute atomic E-state index is 12.4. The Morgan fingerprint density at radius 2 is 2.03 bits per heavy atom. The standard InChI is InChI=1S/C23H26Cl2N4O3/c1-15-3-2-4-22-27-21(14-29(15)22)23(31)26-12-16(30)13-28-9-7-17(8-10-28)32-18-5-6-19(24)20(25)11-18/h2-6,11,14,16-17,30H,7-10,12-13H2,1H3,(H,26,31)/t16-/m1/s1. The average molecular weight is 477 g/mol. The Bertz CT molecular complexity index is 1100. The summed E-state index contributed by atoms with van der Waals surface area (Å²) in [5.74, 6) is 0.420. The first-order valence-electron chi connectivity index (χ1n) is 10.6. The number of nitrogens with one attached hydrogen (secondary N) is 1. The number of aliphatic hydroxyl groups is 1. The van der Waals surface area contributed by atoms with E-state index in [1.807, 2.05) is 35.6 Å². The van der Waals surface area contributed by atoms with Crippen molar-refractivity contribution in [2.75, 3.05) is 26.2 Å². The lowest BCUT2D eigenvalue weighted by molar-refractivity contribution is 0.0593. The van der Waals surface area contributed by atoms with E-state index in [4.69, 9.17) is 27.9 Å². The summed E-state index contributed by atoms with van der Waals surface area (Å²) in [6.45, 7) is 4.24. The van der Waals surface area contributed by atoms with Crippen molar-refractivity contribution in [3.63, 3.8) is 0 Å². The summed E-state index contributed by atoms with van der Waals surface area (Å²) in [6.07, 6.45) is 2.84. The van der Waals surface area contributed by atoms with Crippen LogP contribution in [0.5, 0.6) is 5.75 Å². The first-order valence-corrected chi connectivity index (χ1v) is 11.4. The van der Waals surface area contributed by atoms with Crippen LogP contribution in [0.2, 0.25) is 10.0 Å². The van der Waals surface area contributed by atoms with Crippen LogP contribution in [0.15, 0.2) is 42.6 Å². The fraction of sp³-hybridized carbons (Fsp3) is 0.391. The van der Waals surface area contributed by atoms with Gasteiger partial charge in [0, 0.05) is 44.1 Å². The van der Waals surface area contributed by atoms with E-state index in [1.54, 1.807) is 18.3 Å². The average Bonchev–Trinajstić information content (AvgIpc) is 3.22. The van der Waals surface area contributed by atoms with Crippen LogP contribution in [0, 0.1) is 6.92 Å². The van der Waals surface area contributed by atoms with E-state index in [-0.39, 0.29) is 18.6 Å². The minimum absolute atomic E-state index is 0.0962. The quantitative estimate of drug-likeness (QED) is 0.544. The van der Waals surface area contributed by atoms with Gasteiger partial charge in [-0.15, -0.1) is 0 Å². The van der Waals surface area contributed by atoms with Gasteiger partial charge in [-0.25, -0.2) is 4.98 Å². The van der Waals surface area contributed by atoms with Crippen LogP contribution in [0.4, 0.5) is 0 Å². The van der Waals surface area contributed by atoms with Crippen molar-refractivity contribution in [1.82, 2.24) is 19.6 Å². The summed E-state index contributed by atoms with van der Waals surface area (Å²) in [5, 5.41) is 14.2. The van der Waals surface area contributed by atoms with E-state index in [2.05, 4.69) is 15.2 Å². The Kier molecular flexibility index (Phi) is 7.20. The van der Waals surface area contributed by atoms with Gasteiger partial charge in [0.25, 0.3) is 5.91 Å². The molecule has 1 saturated heterocycles. The van der Waals surface area contributed by atoms with Gasteiger partial charge in [-0.3, -0.25) is 4.79 Å². The molecule has 3 heterocycles. The monoisotopic (exact) mass is 476 g/mol. The van der Waals surface area contributed by atoms with Gasteiger partial charge in [0.1, 0.15) is 23.2 Å². The highest BCUT2D eigenvalue weighted by atomic mass is 35.5. The second-order valence-corrected chi connectivity index (χ2v) is 8.89. The number of halogens is 2. The van der Waals surface area contributed by atoms with E-state index in [0.717, 1.165) is 37.3 Å². The van der Waals surface area contributed by atoms with Crippen LogP contribution in [0.1, 0.15) is 29.0 Å². The number of nitrogens with zero attached hydrogens (tertiary/aromatic N) is 3. The second kappa shape index (κ2) is 10.1. The molecule has 1 fully saturated rings. The SMILES string of the molecule is Cc1cccc2nc(C(=O)NC[C@@H](O)CN3CCC(Oc4ccc(Cl)c(Cl)c4)CC3)cn12. The number of pyridine rings is 1. The van der Waals surface area contributed by atoms with Crippen LogP contribution in [0.25, 0.3) is 5.65 Å². The fourth-order valence-corrected chi connectivity index (χ4v) is 4.16. The maximum Gasteiger partial charge on any atom is 0.271 e. The number of aromatic nitrogens is 2. The van der Waals surface area contributed by atoms with E-state index in [1.165, 1.54) is 0 Å². The number of fused-ring (bicyclic) bond motifs is 1. The number of rotatable bonds is 7. The van der Waals surface area contributed by atoms with E-state index in [0.29, 0.717) is 28.0 Å². The van der Waals surface area contributed by atoms with Gasteiger partial charge >= 0.3 is 0 Å². The van der Waals surface area contributed by atoms with Crippen LogP contribution >= 0.6 is 23.2 Å². The maximum atomic E-state index is 12.4. The highest BCUT2D eigenvalue weighted by molar-refractivity contribution is 6.42. The molecule has 9 heteroatoms. The lowest BCUT2D eigenvalue weighted by atomic mass is 10.1. The van der Waals surface area contributed by atoms with E-state index >= 15 is 0 Å². The number of piperidine rings is 1. The Morgan fingerprint density at radius 3 is 2.75 bits per heavy atom. The predicted molar refractivity (Wildman–Crippen MR) is 125 cm³/mol. The Morgan fingerprint density at radius 1 is 1.25 bits per heavy atom. The number of β-amino-alcohol motifs (C(OH)–C–C–N with tert-alkyl or cyclic N) is 1. The topological polar surface area (TPSA) is 79.1 Å². The molecule has 4 rings (SSSR count). The highest BCUT2D eigenvalue weighted by Gasteiger charge is 2.23. The third kappa shape index (κ3) is 5.53. The van der Waals surface area contributed by atoms with Gasteiger partial charge in [0.05, 0.1) is 16.1 Å². The molecule has 0 saturated carbocycles. The largest absolute Gasteiger partial charge is 0.490 e. The number of carbonyl (C=O) groups is 1. The molecule has 1 amide bonds. The molecule has 0 aliphatic carbocycles. The molecule has 1 aliphatic heterocycles. The van der Waals surface area contributed by atoms with Gasteiger partial charge in [0.15, 0.2) is 0 Å². The molecule has 170 valence electrons. The number of likely N-dealkylation sites (tertiary alicyclic amines) is 1. The smallest absolute Gasteiger partial charge is 0.271 e. The zero-order chi connectivity index (χ0) is 22.7. The second-order valence-electron chi connectivity index (χ2n) is 8.08. The Balaban J connectivity index is 1.21. The van der Waals surface area contributed by atoms with Crippen LogP contribution < -0.4 is 10.1 Å². The first kappa shape index (κ1) is 22.9. The lowest BCUT2D eigenvalue weighted by Gasteiger charge is -2.33. The van der Waals surface area contributed by atoms with Crippen molar-refractivity contribution >= 4 is 34.8 Å². The van der Waals surface area contributed by atoms with E-state index < -0.39 is 6.10 Å². The zero-order valence-corrected chi connectivity index (χ0v) is 19.3. The normalized spacial score (nSPS) is 16.2. The molecule has 7 nitrogen and oxygen atoms in total. The summed E-state index contributed by atoms with van der Waals surface area (Å²) < 4.78 is 7.88. The predicted octanol–water partition coefficient (Wildman–Crippen LogP) is 3.58. The van der Waals surface area contributed by atoms with Crippen molar-refractivity contribution < 1.29 is 14.6 Å². The molecule has 3 aromatic rings. The minimum Gasteiger partial charge on any atom is -0.490 e. The molecule has 0 bridgehead atoms. The Labute approximate surface area is 196 Å². The number of imidazole rings is 1. The summed E-state index contributed by atoms with van der Waals surface area (Å²) in [4.78, 5) is 19.0. The number of ether oxygens (including phenoxy) is 1. The zero-order valence-electron chi connectivity index (χ0n) is 17.8. The summed E-state index contributed by atoms with van der Waals surface area (Å²) in [7, 11) is 0. The molecule has 0 radical (unpaired) electrons. The lowest BCUT2D eigenvalue weighted by Crippen LogP contribution is -2.45. The Hall–Kier alpha value is -2.32. The molecule has 0 spiro atoms. The molecule has 1 aromatic carbocycles. The molecule has 1 aliphatic rings. The summed E-state index contributed by atoms with van der Waals surface area (Å²) in [6, 6.07) is 11.0. The van der Waals surface area contributed by atoms with Crippen LogP contribution in [0.3, 0.4) is 0 Å². The number of amides is 1. The summed E-state index contributed by atoms with van der Waals surface area (Å²) >= 11 is 12.0. The van der Waals surface area contributed by atoms with Gasteiger partial charge < -0.3 is 24.5 Å². The highest BCUT2D eigenvalue weighted by Crippen LogP contribution is 2.28. The van der Waals surface area contributed by atoms with Gasteiger partial charge in [-0.2, -0.15) is 0 Å². The van der Waals surface area contributed by atoms with E-state index in [9.17, 15) is 9.90 Å². The fourth-order valence-electron chi connectivity index (χ4n) is 3.87. The number of aryl methyl sites for hydroxylation is 1. The van der Waals surface area contributed by atoms with Crippen molar-refractivity contribution in [2.24, 2.45) is 0 Å². The molecular formula is C23H26Cl2N4O3. The van der Waals surface area contributed by atoms with Crippen LogP contribution in [-0.4, -0.2) is 63.7 Å². The molecule has 1 atom stereocenters. The number of hydrogen-bond acceptors (Lipinski definition) is 5. The molecule has 0 unspecified atom stereocenters. The number of carbonyl (C=O) groups excluding carboxylic acids is 1. The third-order valence-electron chi connectivity index (χ3n) is 5.62. The third-order valence-corrected chi connectivity index (χ3v) is 6.36. The van der Waals surface area contributed by atoms with Crippen LogP contribution in [-0.2, 0) is 0 Å². The number of benzene rings is 1. The van der Waals surface area contributed by atoms with Gasteiger partial charge in [0.2, 0.25) is 0 Å². The van der Waals surface area contributed by atoms with Crippen molar-refractivity contribution in [3.8, 4) is 5.75 Å². The molecule has 2 aromatic heterocycles. The minimum atomic E-state index is -0.662. The molecule has 32 heavy (non-hydrogen) atoms.